The number of carbonyl (C=O) groups excluding carboxylic acids is 2. The Bertz CT molecular complexity index is 713. The second-order valence-electron chi connectivity index (χ2n) is 5.49. The van der Waals surface area contributed by atoms with Crippen LogP contribution >= 0.6 is 11.8 Å². The first kappa shape index (κ1) is 16.5. The quantitative estimate of drug-likeness (QED) is 0.767. The van der Waals surface area contributed by atoms with Crippen LogP contribution in [0.4, 0.5) is 11.4 Å². The molecule has 2 atom stereocenters. The maximum atomic E-state index is 12.3. The zero-order valence-corrected chi connectivity index (χ0v) is 14.0. The highest BCUT2D eigenvalue weighted by Gasteiger charge is 2.22. The van der Waals surface area contributed by atoms with Gasteiger partial charge in [-0.3, -0.25) is 19.6 Å². The zero-order valence-electron chi connectivity index (χ0n) is 13.2. The lowest BCUT2D eigenvalue weighted by Crippen LogP contribution is -2.37. The normalized spacial score (nSPS) is 18.1. The van der Waals surface area contributed by atoms with Crippen molar-refractivity contribution in [2.75, 3.05) is 22.3 Å². The van der Waals surface area contributed by atoms with E-state index in [-0.39, 0.29) is 17.9 Å². The molecule has 1 aliphatic rings. The molecule has 2 heterocycles. The van der Waals surface area contributed by atoms with Gasteiger partial charge in [-0.05, 0) is 31.2 Å². The number of benzene rings is 1. The van der Waals surface area contributed by atoms with E-state index in [9.17, 15) is 9.59 Å². The largest absolute Gasteiger partial charge is 0.325 e. The molecule has 2 aromatic rings. The maximum absolute atomic E-state index is 12.3. The van der Waals surface area contributed by atoms with Crippen LogP contribution in [0.3, 0.4) is 0 Å². The van der Waals surface area contributed by atoms with E-state index < -0.39 is 6.04 Å². The van der Waals surface area contributed by atoms with Crippen LogP contribution in [0.25, 0.3) is 0 Å². The van der Waals surface area contributed by atoms with E-state index in [4.69, 9.17) is 0 Å². The lowest BCUT2D eigenvalue weighted by atomic mass is 10.2. The molecule has 0 aliphatic carbocycles. The first-order chi connectivity index (χ1) is 11.6. The molecule has 7 nitrogen and oxygen atoms in total. The van der Waals surface area contributed by atoms with Crippen LogP contribution in [0, 0.1) is 0 Å². The number of aromatic nitrogens is 2. The Morgan fingerprint density at radius 1 is 1.33 bits per heavy atom. The van der Waals surface area contributed by atoms with Crippen molar-refractivity contribution < 1.29 is 9.59 Å². The molecule has 3 rings (SSSR count). The number of hydrogen-bond acceptors (Lipinski definition) is 5. The molecule has 2 unspecified atom stereocenters. The van der Waals surface area contributed by atoms with Gasteiger partial charge in [0.25, 0.3) is 0 Å². The molecule has 0 saturated carbocycles. The van der Waals surface area contributed by atoms with Crippen molar-refractivity contribution in [3.63, 3.8) is 0 Å². The topological polar surface area (TPSA) is 88.0 Å². The van der Waals surface area contributed by atoms with E-state index >= 15 is 0 Å². The highest BCUT2D eigenvalue weighted by atomic mass is 32.2. The van der Waals surface area contributed by atoms with Gasteiger partial charge in [0.05, 0.1) is 6.04 Å². The first-order valence-corrected chi connectivity index (χ1v) is 8.81. The summed E-state index contributed by atoms with van der Waals surface area (Å²) in [5, 5.41) is 12.9. The molecule has 1 aromatic carbocycles. The molecule has 0 radical (unpaired) electrons. The number of thioether (sulfide) groups is 1. The van der Waals surface area contributed by atoms with E-state index in [1.807, 2.05) is 0 Å². The average Bonchev–Trinajstić information content (AvgIpc) is 3.28. The van der Waals surface area contributed by atoms with E-state index in [1.165, 1.54) is 0 Å². The minimum absolute atomic E-state index is 0.0617. The zero-order chi connectivity index (χ0) is 16.9. The van der Waals surface area contributed by atoms with E-state index in [2.05, 4.69) is 21.0 Å². The third kappa shape index (κ3) is 3.95. The predicted octanol–water partition coefficient (Wildman–Crippen LogP) is 1.68. The van der Waals surface area contributed by atoms with Crippen LogP contribution < -0.4 is 16.0 Å². The maximum Gasteiger partial charge on any atom is 0.248 e. The van der Waals surface area contributed by atoms with Crippen molar-refractivity contribution in [3.8, 4) is 0 Å². The van der Waals surface area contributed by atoms with Gasteiger partial charge in [-0.15, -0.1) is 11.8 Å². The van der Waals surface area contributed by atoms with E-state index in [1.54, 1.807) is 66.1 Å². The van der Waals surface area contributed by atoms with Crippen LogP contribution in [0.2, 0.25) is 0 Å². The van der Waals surface area contributed by atoms with Gasteiger partial charge in [-0.2, -0.15) is 5.10 Å². The smallest absolute Gasteiger partial charge is 0.248 e. The Labute approximate surface area is 144 Å². The molecule has 0 bridgehead atoms. The summed E-state index contributed by atoms with van der Waals surface area (Å²) in [5.41, 5.74) is 1.29. The molecule has 24 heavy (non-hydrogen) atoms. The van der Waals surface area contributed by atoms with E-state index in [0.29, 0.717) is 11.4 Å². The van der Waals surface area contributed by atoms with Gasteiger partial charge >= 0.3 is 0 Å². The van der Waals surface area contributed by atoms with Crippen molar-refractivity contribution in [1.29, 1.82) is 0 Å². The van der Waals surface area contributed by atoms with Crippen LogP contribution in [-0.2, 0) is 9.59 Å². The number of amides is 2. The SMILES string of the molecule is CC(C(=O)Nc1cccc(NC(=O)C2CSCN2)c1)n1cccn1. The van der Waals surface area contributed by atoms with Crippen molar-refractivity contribution in [1.82, 2.24) is 15.1 Å². The number of carbonyl (C=O) groups is 2. The molecule has 126 valence electrons. The third-order valence-electron chi connectivity index (χ3n) is 3.73. The second-order valence-corrected chi connectivity index (χ2v) is 6.52. The van der Waals surface area contributed by atoms with Gasteiger partial charge in [0.15, 0.2) is 0 Å². The van der Waals surface area contributed by atoms with Crippen LogP contribution in [0.1, 0.15) is 13.0 Å². The number of nitrogens with zero attached hydrogens (tertiary/aromatic N) is 2. The van der Waals surface area contributed by atoms with Gasteiger partial charge in [0, 0.05) is 35.4 Å². The summed E-state index contributed by atoms with van der Waals surface area (Å²) >= 11 is 1.70. The molecule has 0 spiro atoms. The molecule has 1 saturated heterocycles. The van der Waals surface area contributed by atoms with Gasteiger partial charge in [0.2, 0.25) is 11.8 Å². The van der Waals surface area contributed by atoms with Gasteiger partial charge in [-0.1, -0.05) is 6.07 Å². The standard InChI is InChI=1S/C16H19N5O2S/c1-11(21-7-3-6-18-21)15(22)19-12-4-2-5-13(8-12)20-16(23)14-9-24-10-17-14/h2-8,11,14,17H,9-10H2,1H3,(H,19,22)(H,20,23). The lowest BCUT2D eigenvalue weighted by molar-refractivity contribution is -0.119. The van der Waals surface area contributed by atoms with Crippen LogP contribution in [-0.4, -0.2) is 39.3 Å². The second kappa shape index (κ2) is 7.50. The molecule has 3 N–H and O–H groups in total. The monoisotopic (exact) mass is 345 g/mol. The summed E-state index contributed by atoms with van der Waals surface area (Å²) in [4.78, 5) is 24.4. The third-order valence-corrected chi connectivity index (χ3v) is 4.67. The van der Waals surface area contributed by atoms with Gasteiger partial charge < -0.3 is 10.6 Å². The molecule has 1 aromatic heterocycles. The Morgan fingerprint density at radius 2 is 2.12 bits per heavy atom. The summed E-state index contributed by atoms with van der Waals surface area (Å²) in [7, 11) is 0. The summed E-state index contributed by atoms with van der Waals surface area (Å²) in [6.45, 7) is 1.78. The summed E-state index contributed by atoms with van der Waals surface area (Å²) < 4.78 is 1.59. The van der Waals surface area contributed by atoms with Crippen LogP contribution in [0.15, 0.2) is 42.7 Å². The molecule has 8 heteroatoms. The highest BCUT2D eigenvalue weighted by molar-refractivity contribution is 7.99. The average molecular weight is 345 g/mol. The van der Waals surface area contributed by atoms with E-state index in [0.717, 1.165) is 11.6 Å². The molecule has 1 fully saturated rings. The number of rotatable bonds is 5. The van der Waals surface area contributed by atoms with Crippen molar-refractivity contribution >= 4 is 35.0 Å². The Kier molecular flexibility index (Phi) is 5.17. The fourth-order valence-corrected chi connectivity index (χ4v) is 3.29. The minimum atomic E-state index is -0.419. The Hall–Kier alpha value is -2.32. The highest BCUT2D eigenvalue weighted by Crippen LogP contribution is 2.18. The fourth-order valence-electron chi connectivity index (χ4n) is 2.34. The predicted molar refractivity (Wildman–Crippen MR) is 94.9 cm³/mol. The van der Waals surface area contributed by atoms with Crippen LogP contribution in [0.5, 0.6) is 0 Å². The molecular weight excluding hydrogens is 326 g/mol. The fraction of sp³-hybridized carbons (Fsp3) is 0.312. The van der Waals surface area contributed by atoms with Crippen molar-refractivity contribution in [3.05, 3.63) is 42.7 Å². The Balaban J connectivity index is 1.62. The lowest BCUT2D eigenvalue weighted by Gasteiger charge is -2.14. The molecule has 2 amide bonds. The number of anilines is 2. The van der Waals surface area contributed by atoms with Crippen molar-refractivity contribution in [2.24, 2.45) is 0 Å². The number of hydrogen-bond donors (Lipinski definition) is 3. The minimum Gasteiger partial charge on any atom is -0.325 e. The summed E-state index contributed by atoms with van der Waals surface area (Å²) in [5.74, 6) is 1.33. The molecule has 1 aliphatic heterocycles. The molecular formula is C16H19N5O2S. The van der Waals surface area contributed by atoms with Gasteiger partial charge in [0.1, 0.15) is 6.04 Å². The first-order valence-electron chi connectivity index (χ1n) is 7.65. The summed E-state index contributed by atoms with van der Waals surface area (Å²) in [6, 6.07) is 8.30. The Morgan fingerprint density at radius 3 is 2.79 bits per heavy atom. The summed E-state index contributed by atoms with van der Waals surface area (Å²) in [6.07, 6.45) is 3.38. The van der Waals surface area contributed by atoms with Crippen molar-refractivity contribution in [2.45, 2.75) is 19.0 Å². The number of nitrogens with one attached hydrogen (secondary N) is 3. The van der Waals surface area contributed by atoms with Gasteiger partial charge in [-0.25, -0.2) is 0 Å².